The zero-order valence-corrected chi connectivity index (χ0v) is 20.3. The number of amides is 3. The number of fused-ring (bicyclic) bond motifs is 1. The molecule has 0 aliphatic carbocycles. The first-order valence-corrected chi connectivity index (χ1v) is 13.1. The van der Waals surface area contributed by atoms with Gasteiger partial charge in [0.15, 0.2) is 0 Å². The van der Waals surface area contributed by atoms with E-state index in [0.717, 1.165) is 31.2 Å². The van der Waals surface area contributed by atoms with Gasteiger partial charge in [-0.05, 0) is 31.2 Å². The molecule has 3 heterocycles. The molecule has 3 N–H and O–H groups in total. The Balaban J connectivity index is 1.60. The first-order chi connectivity index (χ1) is 16.0. The molecule has 4 rings (SSSR count). The van der Waals surface area contributed by atoms with Crippen molar-refractivity contribution in [2.75, 3.05) is 13.2 Å². The van der Waals surface area contributed by atoms with Crippen LogP contribution in [0.5, 0.6) is 0 Å². The SMILES string of the molecule is CCCCNC(=O)C1N([C@@H](CC)CO)C(=O)[C@@H]2[C@H](C(=O)NCc3ccccc3)[C@@H]3CCC12S3. The lowest BCUT2D eigenvalue weighted by Gasteiger charge is -2.36. The number of nitrogens with one attached hydrogen (secondary N) is 2. The molecule has 3 saturated heterocycles. The Morgan fingerprint density at radius 1 is 1.21 bits per heavy atom. The van der Waals surface area contributed by atoms with Crippen molar-refractivity contribution in [3.63, 3.8) is 0 Å². The van der Waals surface area contributed by atoms with Gasteiger partial charge in [0.25, 0.3) is 0 Å². The summed E-state index contributed by atoms with van der Waals surface area (Å²) in [4.78, 5) is 42.2. The number of carbonyl (C=O) groups excluding carboxylic acids is 3. The predicted octanol–water partition coefficient (Wildman–Crippen LogP) is 2.08. The number of benzene rings is 1. The molecule has 3 fully saturated rings. The Bertz CT molecular complexity index is 878. The van der Waals surface area contributed by atoms with E-state index >= 15 is 0 Å². The lowest BCUT2D eigenvalue weighted by Crippen LogP contribution is -2.56. The molecule has 0 aromatic heterocycles. The van der Waals surface area contributed by atoms with Crippen LogP contribution in [0, 0.1) is 11.8 Å². The summed E-state index contributed by atoms with van der Waals surface area (Å²) in [6, 6.07) is 8.66. The smallest absolute Gasteiger partial charge is 0.244 e. The standard InChI is InChI=1S/C25H35N3O4S/c1-3-5-13-26-23(31)21-25-12-11-18(33-25)19(20(25)24(32)28(21)17(4-2)15-29)22(30)27-14-16-9-7-6-8-10-16/h6-10,17-21,29H,3-5,11-15H2,1-2H3,(H,26,31)(H,27,30)/t17-,18-,19+,20-,21?,25?/m0/s1. The third kappa shape index (κ3) is 4.16. The lowest BCUT2D eigenvalue weighted by atomic mass is 9.70. The molecule has 1 aromatic carbocycles. The van der Waals surface area contributed by atoms with Gasteiger partial charge in [0.05, 0.1) is 29.2 Å². The molecule has 33 heavy (non-hydrogen) atoms. The van der Waals surface area contributed by atoms with E-state index in [-0.39, 0.29) is 29.6 Å². The zero-order chi connectivity index (χ0) is 23.6. The number of unbranched alkanes of at least 4 members (excludes halogenated alkanes) is 1. The second kappa shape index (κ2) is 10.1. The fourth-order valence-corrected chi connectivity index (χ4v) is 8.09. The van der Waals surface area contributed by atoms with E-state index in [9.17, 15) is 19.5 Å². The highest BCUT2D eigenvalue weighted by atomic mass is 32.2. The number of thioether (sulfide) groups is 1. The van der Waals surface area contributed by atoms with Crippen molar-refractivity contribution in [2.45, 2.75) is 74.6 Å². The number of hydrogen-bond donors (Lipinski definition) is 3. The van der Waals surface area contributed by atoms with Crippen LogP contribution in [0.2, 0.25) is 0 Å². The fourth-order valence-electron chi connectivity index (χ4n) is 5.89. The first kappa shape index (κ1) is 24.1. The maximum Gasteiger partial charge on any atom is 0.244 e. The molecule has 3 aliphatic heterocycles. The summed E-state index contributed by atoms with van der Waals surface area (Å²) >= 11 is 1.66. The van der Waals surface area contributed by atoms with Crippen LogP contribution in [0.1, 0.15) is 51.5 Å². The van der Waals surface area contributed by atoms with Gasteiger partial charge in [0, 0.05) is 18.3 Å². The van der Waals surface area contributed by atoms with Crippen LogP contribution in [0.15, 0.2) is 30.3 Å². The van der Waals surface area contributed by atoms with Gasteiger partial charge in [-0.3, -0.25) is 14.4 Å². The summed E-state index contributed by atoms with van der Waals surface area (Å²) in [7, 11) is 0. The molecule has 3 aliphatic rings. The number of hydrogen-bond acceptors (Lipinski definition) is 5. The Hall–Kier alpha value is -2.06. The molecular formula is C25H35N3O4S. The van der Waals surface area contributed by atoms with Gasteiger partial charge in [0.2, 0.25) is 17.7 Å². The summed E-state index contributed by atoms with van der Waals surface area (Å²) in [5.74, 6) is -1.39. The van der Waals surface area contributed by atoms with Crippen LogP contribution in [0.3, 0.4) is 0 Å². The highest BCUT2D eigenvalue weighted by molar-refractivity contribution is 8.02. The highest BCUT2D eigenvalue weighted by Crippen LogP contribution is 2.66. The second-order valence-electron chi connectivity index (χ2n) is 9.39. The van der Waals surface area contributed by atoms with Crippen molar-refractivity contribution >= 4 is 29.5 Å². The van der Waals surface area contributed by atoms with Crippen molar-refractivity contribution in [3.8, 4) is 0 Å². The Morgan fingerprint density at radius 3 is 2.64 bits per heavy atom. The van der Waals surface area contributed by atoms with E-state index in [1.54, 1.807) is 16.7 Å². The molecule has 0 radical (unpaired) electrons. The van der Waals surface area contributed by atoms with Gasteiger partial charge in [-0.1, -0.05) is 50.6 Å². The third-order valence-electron chi connectivity index (χ3n) is 7.50. The second-order valence-corrected chi connectivity index (χ2v) is 11.0. The lowest BCUT2D eigenvalue weighted by molar-refractivity contribution is -0.142. The molecule has 2 bridgehead atoms. The minimum Gasteiger partial charge on any atom is -0.394 e. The van der Waals surface area contributed by atoms with Crippen LogP contribution in [-0.2, 0) is 20.9 Å². The maximum absolute atomic E-state index is 13.8. The summed E-state index contributed by atoms with van der Waals surface area (Å²) in [6.07, 6.45) is 3.96. The molecule has 8 heteroatoms. The number of nitrogens with zero attached hydrogens (tertiary/aromatic N) is 1. The monoisotopic (exact) mass is 473 g/mol. The van der Waals surface area contributed by atoms with Crippen LogP contribution >= 0.6 is 11.8 Å². The average molecular weight is 474 g/mol. The van der Waals surface area contributed by atoms with Crippen molar-refractivity contribution in [1.82, 2.24) is 15.5 Å². The molecule has 2 unspecified atom stereocenters. The van der Waals surface area contributed by atoms with E-state index in [4.69, 9.17) is 0 Å². The third-order valence-corrected chi connectivity index (χ3v) is 9.46. The molecule has 3 amide bonds. The van der Waals surface area contributed by atoms with E-state index in [1.807, 2.05) is 37.3 Å². The van der Waals surface area contributed by atoms with Gasteiger partial charge in [-0.25, -0.2) is 0 Å². The number of rotatable bonds is 10. The minimum atomic E-state index is -0.647. The summed E-state index contributed by atoms with van der Waals surface area (Å²) in [6.45, 7) is 4.78. The molecule has 6 atom stereocenters. The van der Waals surface area contributed by atoms with E-state index in [2.05, 4.69) is 17.6 Å². The average Bonchev–Trinajstić information content (AvgIpc) is 3.47. The minimum absolute atomic E-state index is 0.0389. The van der Waals surface area contributed by atoms with Gasteiger partial charge < -0.3 is 20.6 Å². The highest BCUT2D eigenvalue weighted by Gasteiger charge is 2.74. The predicted molar refractivity (Wildman–Crippen MR) is 128 cm³/mol. The van der Waals surface area contributed by atoms with Crippen molar-refractivity contribution in [2.24, 2.45) is 11.8 Å². The van der Waals surface area contributed by atoms with Crippen molar-refractivity contribution in [1.29, 1.82) is 0 Å². The Labute approximate surface area is 200 Å². The van der Waals surface area contributed by atoms with Crippen LogP contribution in [-0.4, -0.2) is 63.0 Å². The van der Waals surface area contributed by atoms with E-state index in [0.29, 0.717) is 19.5 Å². The summed E-state index contributed by atoms with van der Waals surface area (Å²) in [5.41, 5.74) is 1.01. The van der Waals surface area contributed by atoms with Crippen LogP contribution in [0.4, 0.5) is 0 Å². The van der Waals surface area contributed by atoms with Gasteiger partial charge in [-0.15, -0.1) is 11.8 Å². The largest absolute Gasteiger partial charge is 0.394 e. The summed E-state index contributed by atoms with van der Waals surface area (Å²) < 4.78 is -0.602. The summed E-state index contributed by atoms with van der Waals surface area (Å²) in [5, 5.41) is 16.1. The van der Waals surface area contributed by atoms with Gasteiger partial charge in [-0.2, -0.15) is 0 Å². The van der Waals surface area contributed by atoms with Crippen molar-refractivity contribution in [3.05, 3.63) is 35.9 Å². The van der Waals surface area contributed by atoms with E-state index in [1.165, 1.54) is 0 Å². The normalized spacial score (nSPS) is 30.9. The maximum atomic E-state index is 13.8. The number of aliphatic hydroxyl groups excluding tert-OH is 1. The molecule has 1 spiro atoms. The van der Waals surface area contributed by atoms with Crippen molar-refractivity contribution < 1.29 is 19.5 Å². The molecule has 0 saturated carbocycles. The zero-order valence-electron chi connectivity index (χ0n) is 19.5. The first-order valence-electron chi connectivity index (χ1n) is 12.2. The molecule has 180 valence electrons. The quantitative estimate of drug-likeness (QED) is 0.452. The Kier molecular flexibility index (Phi) is 7.34. The van der Waals surface area contributed by atoms with Crippen LogP contribution in [0.25, 0.3) is 0 Å². The fraction of sp³-hybridized carbons (Fsp3) is 0.640. The van der Waals surface area contributed by atoms with E-state index < -0.39 is 28.7 Å². The number of likely N-dealkylation sites (tertiary alicyclic amines) is 1. The molecule has 1 aromatic rings. The van der Waals surface area contributed by atoms with Gasteiger partial charge in [0.1, 0.15) is 6.04 Å². The number of aliphatic hydroxyl groups is 1. The topological polar surface area (TPSA) is 98.7 Å². The van der Waals surface area contributed by atoms with Crippen LogP contribution < -0.4 is 10.6 Å². The number of carbonyl (C=O) groups is 3. The Morgan fingerprint density at radius 2 is 1.97 bits per heavy atom. The molecule has 7 nitrogen and oxygen atoms in total. The molecular weight excluding hydrogens is 438 g/mol. The van der Waals surface area contributed by atoms with Gasteiger partial charge >= 0.3 is 0 Å².